The van der Waals surface area contributed by atoms with Crippen molar-refractivity contribution in [3.8, 4) is 0 Å². The van der Waals surface area contributed by atoms with E-state index in [9.17, 15) is 9.59 Å². The zero-order valence-corrected chi connectivity index (χ0v) is 14.2. The van der Waals surface area contributed by atoms with Crippen molar-refractivity contribution in [3.05, 3.63) is 29.3 Å². The molecule has 1 atom stereocenters. The van der Waals surface area contributed by atoms with Gasteiger partial charge in [-0.2, -0.15) is 0 Å². The second-order valence-corrected chi connectivity index (χ2v) is 6.45. The van der Waals surface area contributed by atoms with Gasteiger partial charge in [-0.25, -0.2) is 0 Å². The van der Waals surface area contributed by atoms with Gasteiger partial charge in [-0.3, -0.25) is 9.59 Å². The summed E-state index contributed by atoms with van der Waals surface area (Å²) < 4.78 is 0. The summed E-state index contributed by atoms with van der Waals surface area (Å²) in [6, 6.07) is 5.50. The number of carbonyl (C=O) groups excluding carboxylic acids is 2. The molecule has 0 radical (unpaired) electrons. The fraction of sp³-hybridized carbons (Fsp3) is 0.556. The quantitative estimate of drug-likeness (QED) is 0.780. The number of nitrogens with one attached hydrogen (secondary N) is 3. The Morgan fingerprint density at radius 1 is 1.30 bits per heavy atom. The summed E-state index contributed by atoms with van der Waals surface area (Å²) in [5.74, 6) is 0.741. The van der Waals surface area contributed by atoms with Crippen LogP contribution in [0.1, 0.15) is 42.1 Å². The van der Waals surface area contributed by atoms with Crippen molar-refractivity contribution in [3.63, 3.8) is 0 Å². The Bertz CT molecular complexity index is 565. The van der Waals surface area contributed by atoms with Crippen molar-refractivity contribution in [1.82, 2.24) is 10.6 Å². The van der Waals surface area contributed by atoms with Gasteiger partial charge in [-0.1, -0.05) is 18.6 Å². The van der Waals surface area contributed by atoms with E-state index < -0.39 is 0 Å². The molecule has 23 heavy (non-hydrogen) atoms. The van der Waals surface area contributed by atoms with Gasteiger partial charge in [0, 0.05) is 13.5 Å². The van der Waals surface area contributed by atoms with Gasteiger partial charge in [0.05, 0.1) is 11.3 Å². The lowest BCUT2D eigenvalue weighted by molar-refractivity contribution is -0.117. The predicted molar refractivity (Wildman–Crippen MR) is 92.6 cm³/mol. The minimum atomic E-state index is -0.185. The maximum atomic E-state index is 12.4. The normalized spacial score (nSPS) is 16.7. The van der Waals surface area contributed by atoms with Crippen molar-refractivity contribution in [2.24, 2.45) is 11.8 Å². The van der Waals surface area contributed by atoms with Crippen LogP contribution in [0.3, 0.4) is 0 Å². The molecule has 2 amide bonds. The standard InChI is InChI=1S/C18H27N3O2/c1-12-4-5-16(15(10-12)18(23)19-3)21-17(22)11-13(2)14-6-8-20-9-7-14/h4-5,10,13-14,20H,6-9,11H2,1-3H3,(H,19,23)(H,21,22). The van der Waals surface area contributed by atoms with E-state index in [1.165, 1.54) is 0 Å². The van der Waals surface area contributed by atoms with Crippen LogP contribution >= 0.6 is 0 Å². The summed E-state index contributed by atoms with van der Waals surface area (Å²) >= 11 is 0. The molecule has 5 nitrogen and oxygen atoms in total. The maximum Gasteiger partial charge on any atom is 0.253 e. The Hall–Kier alpha value is -1.88. The van der Waals surface area contributed by atoms with Gasteiger partial charge >= 0.3 is 0 Å². The first-order chi connectivity index (χ1) is 11.0. The highest BCUT2D eigenvalue weighted by atomic mass is 16.2. The highest BCUT2D eigenvalue weighted by Crippen LogP contribution is 2.25. The van der Waals surface area contributed by atoms with Crippen molar-refractivity contribution in [1.29, 1.82) is 0 Å². The van der Waals surface area contributed by atoms with E-state index in [0.717, 1.165) is 31.5 Å². The Balaban J connectivity index is 2.00. The van der Waals surface area contributed by atoms with Crippen LogP contribution in [-0.2, 0) is 4.79 Å². The van der Waals surface area contributed by atoms with Gasteiger partial charge in [0.25, 0.3) is 5.91 Å². The highest BCUT2D eigenvalue weighted by molar-refractivity contribution is 6.03. The van der Waals surface area contributed by atoms with Gasteiger partial charge in [-0.15, -0.1) is 0 Å². The van der Waals surface area contributed by atoms with E-state index in [-0.39, 0.29) is 11.8 Å². The summed E-state index contributed by atoms with van der Waals surface area (Å²) in [5.41, 5.74) is 2.08. The van der Waals surface area contributed by atoms with Crippen molar-refractivity contribution in [2.75, 3.05) is 25.5 Å². The van der Waals surface area contributed by atoms with Crippen molar-refractivity contribution >= 4 is 17.5 Å². The number of aryl methyl sites for hydroxylation is 1. The van der Waals surface area contributed by atoms with Crippen LogP contribution in [0, 0.1) is 18.8 Å². The Kier molecular flexibility index (Phi) is 6.16. The van der Waals surface area contributed by atoms with Gasteiger partial charge in [0.2, 0.25) is 5.91 Å². The molecule has 0 aliphatic carbocycles. The van der Waals surface area contributed by atoms with Crippen molar-refractivity contribution in [2.45, 2.75) is 33.1 Å². The van der Waals surface area contributed by atoms with E-state index in [2.05, 4.69) is 22.9 Å². The number of anilines is 1. The molecule has 1 aromatic rings. The first-order valence-electron chi connectivity index (χ1n) is 8.34. The van der Waals surface area contributed by atoms with Crippen LogP contribution in [0.25, 0.3) is 0 Å². The maximum absolute atomic E-state index is 12.4. The molecule has 1 aliphatic rings. The van der Waals surface area contributed by atoms with E-state index >= 15 is 0 Å². The molecule has 1 aliphatic heterocycles. The average molecular weight is 317 g/mol. The summed E-state index contributed by atoms with van der Waals surface area (Å²) in [7, 11) is 1.59. The third-order valence-electron chi connectivity index (χ3n) is 4.62. The monoisotopic (exact) mass is 317 g/mol. The average Bonchev–Trinajstić information content (AvgIpc) is 2.56. The summed E-state index contributed by atoms with van der Waals surface area (Å²) in [5, 5.41) is 8.87. The Morgan fingerprint density at radius 2 is 2.00 bits per heavy atom. The number of rotatable bonds is 5. The lowest BCUT2D eigenvalue weighted by atomic mass is 9.84. The molecular formula is C18H27N3O2. The second kappa shape index (κ2) is 8.11. The lowest BCUT2D eigenvalue weighted by Crippen LogP contribution is -2.32. The van der Waals surface area contributed by atoms with Gasteiger partial charge in [-0.05, 0) is 56.8 Å². The minimum absolute atomic E-state index is 0.0231. The molecule has 2 rings (SSSR count). The predicted octanol–water partition coefficient (Wildman–Crippen LogP) is 2.32. The number of amides is 2. The fourth-order valence-corrected chi connectivity index (χ4v) is 3.16. The molecule has 3 N–H and O–H groups in total. The van der Waals surface area contributed by atoms with Crippen LogP contribution in [0.2, 0.25) is 0 Å². The van der Waals surface area contributed by atoms with Crippen LogP contribution in [0.15, 0.2) is 18.2 Å². The molecule has 1 unspecified atom stereocenters. The molecule has 0 saturated carbocycles. The van der Waals surface area contributed by atoms with E-state index in [1.807, 2.05) is 13.0 Å². The number of hydrogen-bond donors (Lipinski definition) is 3. The van der Waals surface area contributed by atoms with Gasteiger partial charge in [0.15, 0.2) is 0 Å². The molecule has 5 heteroatoms. The fourth-order valence-electron chi connectivity index (χ4n) is 3.16. The van der Waals surface area contributed by atoms with Crippen molar-refractivity contribution < 1.29 is 9.59 Å². The number of piperidine rings is 1. The Morgan fingerprint density at radius 3 is 2.65 bits per heavy atom. The van der Waals surface area contributed by atoms with Gasteiger partial charge < -0.3 is 16.0 Å². The second-order valence-electron chi connectivity index (χ2n) is 6.45. The van der Waals surface area contributed by atoms with Crippen LogP contribution in [0.4, 0.5) is 5.69 Å². The molecule has 1 fully saturated rings. The Labute approximate surface area is 138 Å². The summed E-state index contributed by atoms with van der Waals surface area (Å²) in [6.07, 6.45) is 2.75. The first-order valence-corrected chi connectivity index (χ1v) is 8.34. The summed E-state index contributed by atoms with van der Waals surface area (Å²) in [6.45, 7) is 6.15. The number of hydrogen-bond acceptors (Lipinski definition) is 3. The molecule has 0 spiro atoms. The SMILES string of the molecule is CNC(=O)c1cc(C)ccc1NC(=O)CC(C)C1CCNCC1. The summed E-state index contributed by atoms with van der Waals surface area (Å²) in [4.78, 5) is 24.3. The minimum Gasteiger partial charge on any atom is -0.355 e. The van der Waals surface area contributed by atoms with Gasteiger partial charge in [0.1, 0.15) is 0 Å². The first kappa shape index (κ1) is 17.5. The van der Waals surface area contributed by atoms with Crippen LogP contribution in [0.5, 0.6) is 0 Å². The molecule has 0 bridgehead atoms. The molecule has 1 saturated heterocycles. The topological polar surface area (TPSA) is 70.2 Å². The lowest BCUT2D eigenvalue weighted by Gasteiger charge is -2.28. The van der Waals surface area contributed by atoms with E-state index in [4.69, 9.17) is 0 Å². The third-order valence-corrected chi connectivity index (χ3v) is 4.62. The van der Waals surface area contributed by atoms with E-state index in [1.54, 1.807) is 19.2 Å². The number of benzene rings is 1. The molecule has 126 valence electrons. The molecule has 1 heterocycles. The molecule has 1 aromatic carbocycles. The largest absolute Gasteiger partial charge is 0.355 e. The molecule has 0 aromatic heterocycles. The zero-order chi connectivity index (χ0) is 16.8. The zero-order valence-electron chi connectivity index (χ0n) is 14.2. The third kappa shape index (κ3) is 4.79. The number of carbonyl (C=O) groups is 2. The molecular weight excluding hydrogens is 290 g/mol. The highest BCUT2D eigenvalue weighted by Gasteiger charge is 2.22. The van der Waals surface area contributed by atoms with Crippen LogP contribution in [-0.4, -0.2) is 32.0 Å². The van der Waals surface area contributed by atoms with Crippen LogP contribution < -0.4 is 16.0 Å². The van der Waals surface area contributed by atoms with E-state index in [0.29, 0.717) is 29.5 Å². The smallest absolute Gasteiger partial charge is 0.253 e.